The summed E-state index contributed by atoms with van der Waals surface area (Å²) >= 11 is 0. The van der Waals surface area contributed by atoms with Gasteiger partial charge in [-0.25, -0.2) is 0 Å². The maximum atomic E-state index is 8.56. The second-order valence-corrected chi connectivity index (χ2v) is 3.38. The number of nitrogens with zero attached hydrogens (tertiary/aromatic N) is 1. The Hall–Kier alpha value is -0.700. The van der Waals surface area contributed by atoms with Crippen molar-refractivity contribution in [1.82, 2.24) is 4.90 Å². The normalized spacial score (nSPS) is 15.0. The van der Waals surface area contributed by atoms with Gasteiger partial charge in [-0.2, -0.15) is 0 Å². The molecule has 0 atom stereocenters. The van der Waals surface area contributed by atoms with Gasteiger partial charge in [0, 0.05) is 19.4 Å². The summed E-state index contributed by atoms with van der Waals surface area (Å²) in [6.45, 7) is 2.15. The van der Waals surface area contributed by atoms with Gasteiger partial charge >= 0.3 is 0 Å². The van der Waals surface area contributed by atoms with Crippen LogP contribution < -0.4 is 0 Å². The zero-order chi connectivity index (χ0) is 9.36. The first-order valence-electron chi connectivity index (χ1n) is 5.06. The first-order chi connectivity index (χ1) is 6.43. The second kappa shape index (κ2) is 6.78. The van der Waals surface area contributed by atoms with Crippen LogP contribution in [0.1, 0.15) is 32.1 Å². The van der Waals surface area contributed by atoms with Crippen LogP contribution in [0.2, 0.25) is 0 Å². The van der Waals surface area contributed by atoms with Crippen molar-refractivity contribution >= 4 is 0 Å². The first-order valence-corrected chi connectivity index (χ1v) is 5.06. The summed E-state index contributed by atoms with van der Waals surface area (Å²) in [5, 5.41) is 8.56. The lowest BCUT2D eigenvalue weighted by atomic mass is 10.1. The molecule has 1 aliphatic heterocycles. The molecule has 13 heavy (non-hydrogen) atoms. The van der Waals surface area contributed by atoms with E-state index >= 15 is 0 Å². The van der Waals surface area contributed by atoms with E-state index in [2.05, 4.69) is 4.90 Å². The van der Waals surface area contributed by atoms with Crippen LogP contribution >= 0.6 is 0 Å². The molecule has 0 unspecified atom stereocenters. The number of aliphatic hydroxyl groups excluding tert-OH is 1. The van der Waals surface area contributed by atoms with Gasteiger partial charge < -0.3 is 14.7 Å². The number of hydrogen-bond acceptors (Lipinski definition) is 3. The summed E-state index contributed by atoms with van der Waals surface area (Å²) in [5.74, 6) is 0. The number of rotatable bonds is 7. The average Bonchev–Trinajstić information content (AvgIpc) is 2.63. The van der Waals surface area contributed by atoms with Crippen LogP contribution in [0.3, 0.4) is 0 Å². The smallest absolute Gasteiger partial charge is 0.160 e. The van der Waals surface area contributed by atoms with Gasteiger partial charge in [-0.3, -0.25) is 0 Å². The molecule has 1 N–H and O–H groups in total. The maximum absolute atomic E-state index is 8.56. The predicted octanol–water partition coefficient (Wildman–Crippen LogP) is 1.69. The highest BCUT2D eigenvalue weighted by Gasteiger charge is 2.02. The molecule has 0 saturated heterocycles. The highest BCUT2D eigenvalue weighted by atomic mass is 16.5. The highest BCUT2D eigenvalue weighted by Crippen LogP contribution is 2.06. The molecular weight excluding hydrogens is 166 g/mol. The Labute approximate surface area is 80.0 Å². The standard InChI is InChI=1S/C10H19NO2/c12-8-5-3-1-2-4-6-11-7-9-13-10-11/h7,9,12H,1-6,8,10H2. The zero-order valence-electron chi connectivity index (χ0n) is 8.11. The van der Waals surface area contributed by atoms with E-state index in [1.807, 2.05) is 6.20 Å². The summed E-state index contributed by atoms with van der Waals surface area (Å²) in [6.07, 6.45) is 9.55. The number of aliphatic hydroxyl groups is 1. The van der Waals surface area contributed by atoms with Crippen molar-refractivity contribution in [3.05, 3.63) is 12.5 Å². The quantitative estimate of drug-likeness (QED) is 0.613. The molecule has 1 rings (SSSR count). The van der Waals surface area contributed by atoms with Gasteiger partial charge in [0.2, 0.25) is 0 Å². The molecule has 0 bridgehead atoms. The average molecular weight is 185 g/mol. The van der Waals surface area contributed by atoms with Crippen LogP contribution in [-0.2, 0) is 4.74 Å². The van der Waals surface area contributed by atoms with E-state index in [9.17, 15) is 0 Å². The summed E-state index contributed by atoms with van der Waals surface area (Å²) in [7, 11) is 0. The van der Waals surface area contributed by atoms with Gasteiger partial charge in [0.25, 0.3) is 0 Å². The van der Waals surface area contributed by atoms with Crippen LogP contribution in [0.25, 0.3) is 0 Å². The molecule has 1 aliphatic rings. The van der Waals surface area contributed by atoms with Crippen LogP contribution in [0, 0.1) is 0 Å². The Balaban J connectivity index is 1.81. The fraction of sp³-hybridized carbons (Fsp3) is 0.800. The van der Waals surface area contributed by atoms with Gasteiger partial charge in [-0.05, 0) is 12.8 Å². The van der Waals surface area contributed by atoms with E-state index in [4.69, 9.17) is 9.84 Å². The van der Waals surface area contributed by atoms with E-state index in [0.29, 0.717) is 6.61 Å². The maximum Gasteiger partial charge on any atom is 0.160 e. The van der Waals surface area contributed by atoms with Gasteiger partial charge in [0.15, 0.2) is 6.73 Å². The van der Waals surface area contributed by atoms with E-state index in [1.165, 1.54) is 19.3 Å². The number of hydrogen-bond donors (Lipinski definition) is 1. The summed E-state index contributed by atoms with van der Waals surface area (Å²) in [4.78, 5) is 2.17. The van der Waals surface area contributed by atoms with Gasteiger partial charge in [-0.15, -0.1) is 0 Å². The summed E-state index contributed by atoms with van der Waals surface area (Å²) in [5.41, 5.74) is 0. The molecule has 0 aromatic rings. The van der Waals surface area contributed by atoms with Gasteiger partial charge in [-0.1, -0.05) is 19.3 Å². The molecule has 0 fully saturated rings. The van der Waals surface area contributed by atoms with Crippen LogP contribution in [0.5, 0.6) is 0 Å². The molecule has 0 aromatic carbocycles. The van der Waals surface area contributed by atoms with Crippen molar-refractivity contribution in [3.63, 3.8) is 0 Å². The Bertz CT molecular complexity index is 148. The topological polar surface area (TPSA) is 32.7 Å². The minimum Gasteiger partial charge on any atom is -0.479 e. The number of unbranched alkanes of at least 4 members (excludes halogenated alkanes) is 4. The Kier molecular flexibility index (Phi) is 5.41. The third kappa shape index (κ3) is 4.78. The van der Waals surface area contributed by atoms with E-state index in [-0.39, 0.29) is 0 Å². The molecule has 0 radical (unpaired) electrons. The summed E-state index contributed by atoms with van der Waals surface area (Å²) in [6, 6.07) is 0. The van der Waals surface area contributed by atoms with Crippen LogP contribution in [0.15, 0.2) is 12.5 Å². The molecule has 0 saturated carbocycles. The zero-order valence-corrected chi connectivity index (χ0v) is 8.11. The minimum absolute atomic E-state index is 0.336. The molecule has 1 heterocycles. The number of ether oxygens (including phenoxy) is 1. The largest absolute Gasteiger partial charge is 0.479 e. The van der Waals surface area contributed by atoms with E-state index < -0.39 is 0 Å². The van der Waals surface area contributed by atoms with E-state index in [1.54, 1.807) is 6.26 Å². The SMILES string of the molecule is OCCCCCCCN1C=COC1. The van der Waals surface area contributed by atoms with Gasteiger partial charge in [0.1, 0.15) is 6.26 Å². The van der Waals surface area contributed by atoms with Crippen molar-refractivity contribution in [2.24, 2.45) is 0 Å². The van der Waals surface area contributed by atoms with Crippen molar-refractivity contribution in [2.75, 3.05) is 19.9 Å². The van der Waals surface area contributed by atoms with Crippen LogP contribution in [0.4, 0.5) is 0 Å². The molecule has 0 aromatic heterocycles. The third-order valence-corrected chi connectivity index (χ3v) is 2.21. The second-order valence-electron chi connectivity index (χ2n) is 3.38. The molecular formula is C10H19NO2. The fourth-order valence-corrected chi connectivity index (χ4v) is 1.41. The minimum atomic E-state index is 0.336. The monoisotopic (exact) mass is 185 g/mol. The molecule has 3 nitrogen and oxygen atoms in total. The van der Waals surface area contributed by atoms with Crippen LogP contribution in [-0.4, -0.2) is 29.9 Å². The highest BCUT2D eigenvalue weighted by molar-refractivity contribution is 4.79. The van der Waals surface area contributed by atoms with Gasteiger partial charge in [0.05, 0.1) is 0 Å². The predicted molar refractivity (Wildman–Crippen MR) is 52.0 cm³/mol. The Morgan fingerprint density at radius 3 is 2.62 bits per heavy atom. The van der Waals surface area contributed by atoms with Crippen molar-refractivity contribution < 1.29 is 9.84 Å². The summed E-state index contributed by atoms with van der Waals surface area (Å²) < 4.78 is 5.06. The van der Waals surface area contributed by atoms with Crippen molar-refractivity contribution in [3.8, 4) is 0 Å². The molecule has 0 aliphatic carbocycles. The Morgan fingerprint density at radius 2 is 1.92 bits per heavy atom. The molecule has 0 spiro atoms. The lowest BCUT2D eigenvalue weighted by molar-refractivity contribution is 0.169. The molecule has 3 heteroatoms. The van der Waals surface area contributed by atoms with E-state index in [0.717, 1.165) is 26.1 Å². The Morgan fingerprint density at radius 1 is 1.15 bits per heavy atom. The third-order valence-electron chi connectivity index (χ3n) is 2.21. The van der Waals surface area contributed by atoms with Crippen molar-refractivity contribution in [1.29, 1.82) is 0 Å². The lowest BCUT2D eigenvalue weighted by Gasteiger charge is -2.12. The molecule has 76 valence electrons. The molecule has 0 amide bonds. The lowest BCUT2D eigenvalue weighted by Crippen LogP contribution is -2.16. The first kappa shape index (κ1) is 10.4. The van der Waals surface area contributed by atoms with Crippen molar-refractivity contribution in [2.45, 2.75) is 32.1 Å². The fourth-order valence-electron chi connectivity index (χ4n) is 1.41.